The monoisotopic (exact) mass is 395 g/mol. The minimum absolute atomic E-state index is 0.166. The molecule has 0 unspecified atom stereocenters. The van der Waals surface area contributed by atoms with Crippen LogP contribution < -0.4 is 9.46 Å². The molecule has 0 heterocycles. The van der Waals surface area contributed by atoms with E-state index in [0.29, 0.717) is 28.4 Å². The van der Waals surface area contributed by atoms with Crippen LogP contribution in [-0.4, -0.2) is 22.1 Å². The van der Waals surface area contributed by atoms with E-state index in [4.69, 9.17) is 16.3 Å². The average Bonchev–Trinajstić information content (AvgIpc) is 2.59. The molecule has 2 aromatic carbocycles. The second-order valence-corrected chi connectivity index (χ2v) is 8.75. The minimum Gasteiger partial charge on any atom is -0.496 e. The highest BCUT2D eigenvalue weighted by Crippen LogP contribution is 2.31. The summed E-state index contributed by atoms with van der Waals surface area (Å²) in [6.45, 7) is 6.17. The van der Waals surface area contributed by atoms with Crippen molar-refractivity contribution in [2.75, 3.05) is 13.7 Å². The van der Waals surface area contributed by atoms with Crippen LogP contribution >= 0.6 is 11.6 Å². The van der Waals surface area contributed by atoms with Crippen molar-refractivity contribution in [1.82, 2.24) is 4.72 Å². The number of ether oxygens (including phenoxy) is 1. The number of methoxy groups -OCH3 is 1. The van der Waals surface area contributed by atoms with Crippen LogP contribution in [0.15, 0.2) is 41.3 Å². The van der Waals surface area contributed by atoms with Gasteiger partial charge in [-0.1, -0.05) is 43.6 Å². The van der Waals surface area contributed by atoms with Crippen LogP contribution in [0, 0.1) is 6.92 Å². The Bertz CT molecular complexity index is 863. The van der Waals surface area contributed by atoms with Gasteiger partial charge in [0.15, 0.2) is 0 Å². The first-order valence-corrected chi connectivity index (χ1v) is 10.5. The van der Waals surface area contributed by atoms with Crippen molar-refractivity contribution in [3.63, 3.8) is 0 Å². The highest BCUT2D eigenvalue weighted by atomic mass is 35.5. The molecule has 0 atom stereocenters. The predicted molar refractivity (Wildman–Crippen MR) is 107 cm³/mol. The van der Waals surface area contributed by atoms with Crippen LogP contribution in [0.5, 0.6) is 5.75 Å². The molecule has 0 bridgehead atoms. The number of hydrogen-bond acceptors (Lipinski definition) is 3. The molecule has 142 valence electrons. The summed E-state index contributed by atoms with van der Waals surface area (Å²) in [7, 11) is -1.98. The smallest absolute Gasteiger partial charge is 0.240 e. The number of halogens is 1. The number of hydrogen-bond donors (Lipinski definition) is 1. The summed E-state index contributed by atoms with van der Waals surface area (Å²) >= 11 is 6.13. The topological polar surface area (TPSA) is 55.4 Å². The van der Waals surface area contributed by atoms with Gasteiger partial charge in [-0.05, 0) is 60.6 Å². The zero-order valence-electron chi connectivity index (χ0n) is 15.7. The third-order valence-corrected chi connectivity index (χ3v) is 6.28. The van der Waals surface area contributed by atoms with Gasteiger partial charge < -0.3 is 4.74 Å². The van der Waals surface area contributed by atoms with Gasteiger partial charge in [-0.3, -0.25) is 0 Å². The second-order valence-electron chi connectivity index (χ2n) is 6.61. The first kappa shape index (κ1) is 20.7. The number of aryl methyl sites for hydroxylation is 2. The van der Waals surface area contributed by atoms with Crippen LogP contribution in [0.2, 0.25) is 5.02 Å². The van der Waals surface area contributed by atoms with E-state index in [0.717, 1.165) is 23.3 Å². The Morgan fingerprint density at radius 2 is 1.88 bits per heavy atom. The van der Waals surface area contributed by atoms with Crippen molar-refractivity contribution in [1.29, 1.82) is 0 Å². The summed E-state index contributed by atoms with van der Waals surface area (Å²) in [5.41, 5.74) is 2.58. The number of rotatable bonds is 8. The maximum atomic E-state index is 12.7. The van der Waals surface area contributed by atoms with Gasteiger partial charge in [-0.25, -0.2) is 13.1 Å². The van der Waals surface area contributed by atoms with Gasteiger partial charge in [0.2, 0.25) is 10.0 Å². The van der Waals surface area contributed by atoms with Crippen molar-refractivity contribution in [2.45, 2.75) is 44.4 Å². The van der Waals surface area contributed by atoms with Crippen LogP contribution in [0.1, 0.15) is 42.9 Å². The maximum absolute atomic E-state index is 12.7. The summed E-state index contributed by atoms with van der Waals surface area (Å²) in [6, 6.07) is 11.1. The van der Waals surface area contributed by atoms with Crippen molar-refractivity contribution in [3.8, 4) is 5.75 Å². The summed E-state index contributed by atoms with van der Waals surface area (Å²) in [5.74, 6) is 0.884. The Labute approximate surface area is 161 Å². The Morgan fingerprint density at radius 3 is 2.50 bits per heavy atom. The maximum Gasteiger partial charge on any atom is 0.240 e. The first-order chi connectivity index (χ1) is 12.3. The highest BCUT2D eigenvalue weighted by Gasteiger charge is 2.20. The molecule has 0 aliphatic heterocycles. The van der Waals surface area contributed by atoms with E-state index in [1.165, 1.54) is 0 Å². The fraction of sp³-hybridized carbons (Fsp3) is 0.400. The lowest BCUT2D eigenvalue weighted by Crippen LogP contribution is -2.26. The van der Waals surface area contributed by atoms with Crippen molar-refractivity contribution in [2.24, 2.45) is 0 Å². The van der Waals surface area contributed by atoms with Crippen LogP contribution in [-0.2, 0) is 16.4 Å². The first-order valence-electron chi connectivity index (χ1n) is 8.68. The molecule has 0 fully saturated rings. The Morgan fingerprint density at radius 1 is 1.19 bits per heavy atom. The fourth-order valence-corrected chi connectivity index (χ4v) is 4.42. The van der Waals surface area contributed by atoms with Crippen LogP contribution in [0.4, 0.5) is 0 Å². The van der Waals surface area contributed by atoms with E-state index in [-0.39, 0.29) is 5.92 Å². The molecule has 0 aliphatic carbocycles. The van der Waals surface area contributed by atoms with Gasteiger partial charge >= 0.3 is 0 Å². The van der Waals surface area contributed by atoms with Crippen LogP contribution in [0.25, 0.3) is 0 Å². The lowest BCUT2D eigenvalue weighted by atomic mass is 10.0. The zero-order valence-corrected chi connectivity index (χ0v) is 17.2. The summed E-state index contributed by atoms with van der Waals surface area (Å²) in [6.07, 6.45) is 1.40. The molecule has 0 saturated carbocycles. The van der Waals surface area contributed by atoms with E-state index >= 15 is 0 Å². The third kappa shape index (κ3) is 5.00. The second kappa shape index (κ2) is 8.89. The fourth-order valence-electron chi connectivity index (χ4n) is 2.86. The molecule has 0 amide bonds. The van der Waals surface area contributed by atoms with Crippen molar-refractivity contribution >= 4 is 21.6 Å². The van der Waals surface area contributed by atoms with Crippen molar-refractivity contribution in [3.05, 3.63) is 58.1 Å². The van der Waals surface area contributed by atoms with Crippen LogP contribution in [0.3, 0.4) is 0 Å². The molecular weight excluding hydrogens is 370 g/mol. The van der Waals surface area contributed by atoms with E-state index in [1.54, 1.807) is 26.2 Å². The lowest BCUT2D eigenvalue weighted by molar-refractivity contribution is 0.406. The molecule has 0 aromatic heterocycles. The molecule has 26 heavy (non-hydrogen) atoms. The van der Waals surface area contributed by atoms with E-state index < -0.39 is 10.0 Å². The molecule has 4 nitrogen and oxygen atoms in total. The van der Waals surface area contributed by atoms with Gasteiger partial charge in [-0.2, -0.15) is 0 Å². The van der Waals surface area contributed by atoms with Crippen molar-refractivity contribution < 1.29 is 13.2 Å². The average molecular weight is 396 g/mol. The molecule has 1 N–H and O–H groups in total. The third-order valence-electron chi connectivity index (χ3n) is 4.31. The Kier molecular flexibility index (Phi) is 7.09. The predicted octanol–water partition coefficient (Wildman–Crippen LogP) is 4.69. The standard InChI is InChI=1S/C20H26ClNO3S/c1-14(2)17-13-20(15(3)12-19(17)25-4)26(23,24)22-11-7-9-16-8-5-6-10-18(16)21/h5-6,8,10,12-14,22H,7,9,11H2,1-4H3. The zero-order chi connectivity index (χ0) is 19.3. The summed E-state index contributed by atoms with van der Waals surface area (Å²) in [5, 5.41) is 0.711. The van der Waals surface area contributed by atoms with E-state index in [9.17, 15) is 8.42 Å². The Balaban J connectivity index is 2.10. The van der Waals surface area contributed by atoms with Gasteiger partial charge in [0, 0.05) is 11.6 Å². The number of sulfonamides is 1. The van der Waals surface area contributed by atoms with Gasteiger partial charge in [0.1, 0.15) is 5.75 Å². The number of benzene rings is 2. The minimum atomic E-state index is -3.58. The molecule has 2 rings (SSSR count). The lowest BCUT2D eigenvalue weighted by Gasteiger charge is -2.16. The molecular formula is C20H26ClNO3S. The molecule has 6 heteroatoms. The highest BCUT2D eigenvalue weighted by molar-refractivity contribution is 7.89. The van der Waals surface area contributed by atoms with E-state index in [1.807, 2.05) is 38.1 Å². The van der Waals surface area contributed by atoms with Gasteiger partial charge in [0.25, 0.3) is 0 Å². The molecule has 0 aliphatic rings. The quantitative estimate of drug-likeness (QED) is 0.659. The largest absolute Gasteiger partial charge is 0.496 e. The summed E-state index contributed by atoms with van der Waals surface area (Å²) < 4.78 is 33.5. The Hall–Kier alpha value is -1.56. The van der Waals surface area contributed by atoms with Gasteiger partial charge in [0.05, 0.1) is 12.0 Å². The summed E-state index contributed by atoms with van der Waals surface area (Å²) in [4.78, 5) is 0.305. The molecule has 0 radical (unpaired) electrons. The molecule has 0 spiro atoms. The SMILES string of the molecule is COc1cc(C)c(S(=O)(=O)NCCCc2ccccc2Cl)cc1C(C)C. The van der Waals surface area contributed by atoms with E-state index in [2.05, 4.69) is 4.72 Å². The molecule has 0 saturated heterocycles. The number of nitrogens with one attached hydrogen (secondary N) is 1. The normalized spacial score (nSPS) is 11.8. The van der Waals surface area contributed by atoms with Gasteiger partial charge in [-0.15, -0.1) is 0 Å². The molecule has 2 aromatic rings.